The van der Waals surface area contributed by atoms with Crippen molar-refractivity contribution >= 4 is 0 Å². The van der Waals surface area contributed by atoms with Crippen molar-refractivity contribution in [3.05, 3.63) is 0 Å². The van der Waals surface area contributed by atoms with E-state index in [-0.39, 0.29) is 0 Å². The van der Waals surface area contributed by atoms with Crippen molar-refractivity contribution in [2.24, 2.45) is 5.41 Å². The molecular formula is C10H19NO. The summed E-state index contributed by atoms with van der Waals surface area (Å²) in [4.78, 5) is 2.54. The molecule has 1 heterocycles. The highest BCUT2D eigenvalue weighted by Crippen LogP contribution is 2.54. The lowest BCUT2D eigenvalue weighted by atomic mass is 10.0. The molecule has 2 fully saturated rings. The molecule has 1 spiro atoms. The maximum absolute atomic E-state index is 5.53. The Bertz CT molecular complexity index is 175. The number of methoxy groups -OCH3 is 1. The molecule has 1 aliphatic heterocycles. The molecule has 12 heavy (non-hydrogen) atoms. The van der Waals surface area contributed by atoms with Gasteiger partial charge in [0.05, 0.1) is 6.10 Å². The Labute approximate surface area is 74.9 Å². The van der Waals surface area contributed by atoms with Crippen LogP contribution in [0.25, 0.3) is 0 Å². The summed E-state index contributed by atoms with van der Waals surface area (Å²) in [5.41, 5.74) is 0.568. The molecule has 0 radical (unpaired) electrons. The minimum atomic E-state index is 0.514. The lowest BCUT2D eigenvalue weighted by molar-refractivity contribution is 0.0687. The van der Waals surface area contributed by atoms with Gasteiger partial charge in [-0.2, -0.15) is 0 Å². The summed E-state index contributed by atoms with van der Waals surface area (Å²) < 4.78 is 5.53. The van der Waals surface area contributed by atoms with Crippen molar-refractivity contribution in [3.8, 4) is 0 Å². The number of hydrogen-bond donors (Lipinski definition) is 0. The smallest absolute Gasteiger partial charge is 0.0766 e. The van der Waals surface area contributed by atoms with Crippen LogP contribution in [-0.2, 0) is 4.74 Å². The van der Waals surface area contributed by atoms with Gasteiger partial charge in [0.15, 0.2) is 0 Å². The third kappa shape index (κ3) is 1.17. The monoisotopic (exact) mass is 169 g/mol. The number of rotatable bonds is 2. The zero-order valence-corrected chi connectivity index (χ0v) is 8.34. The fraction of sp³-hybridized carbons (Fsp3) is 1.00. The average Bonchev–Trinajstić information content (AvgIpc) is 2.64. The highest BCUT2D eigenvalue weighted by Gasteiger charge is 2.55. The van der Waals surface area contributed by atoms with E-state index >= 15 is 0 Å². The van der Waals surface area contributed by atoms with Gasteiger partial charge in [0.1, 0.15) is 0 Å². The normalized spacial score (nSPS) is 33.5. The Kier molecular flexibility index (Phi) is 1.92. The Morgan fingerprint density at radius 2 is 2.08 bits per heavy atom. The van der Waals surface area contributed by atoms with Crippen LogP contribution in [0.5, 0.6) is 0 Å². The Morgan fingerprint density at radius 3 is 2.42 bits per heavy atom. The van der Waals surface area contributed by atoms with Crippen LogP contribution in [0.2, 0.25) is 0 Å². The first-order valence-electron chi connectivity index (χ1n) is 4.95. The van der Waals surface area contributed by atoms with E-state index in [1.54, 1.807) is 0 Å². The van der Waals surface area contributed by atoms with Gasteiger partial charge in [0.2, 0.25) is 0 Å². The van der Waals surface area contributed by atoms with Crippen LogP contribution < -0.4 is 0 Å². The van der Waals surface area contributed by atoms with Crippen molar-refractivity contribution in [1.82, 2.24) is 4.90 Å². The van der Waals surface area contributed by atoms with E-state index < -0.39 is 0 Å². The van der Waals surface area contributed by atoms with Crippen LogP contribution in [0, 0.1) is 5.41 Å². The molecule has 0 N–H and O–H groups in total. The zero-order valence-electron chi connectivity index (χ0n) is 8.34. The van der Waals surface area contributed by atoms with Gasteiger partial charge in [0.25, 0.3) is 0 Å². The summed E-state index contributed by atoms with van der Waals surface area (Å²) in [6.45, 7) is 6.96. The second kappa shape index (κ2) is 2.71. The van der Waals surface area contributed by atoms with Gasteiger partial charge >= 0.3 is 0 Å². The molecule has 1 unspecified atom stereocenters. The summed E-state index contributed by atoms with van der Waals surface area (Å²) in [6, 6.07) is 0.683. The molecule has 1 atom stereocenters. The molecule has 1 saturated carbocycles. The first-order valence-corrected chi connectivity index (χ1v) is 4.95. The Balaban J connectivity index is 2.01. The minimum Gasteiger partial charge on any atom is -0.379 e. The fourth-order valence-corrected chi connectivity index (χ4v) is 2.34. The zero-order chi connectivity index (χ0) is 8.77. The van der Waals surface area contributed by atoms with Crippen LogP contribution >= 0.6 is 0 Å². The van der Waals surface area contributed by atoms with E-state index in [4.69, 9.17) is 4.74 Å². The van der Waals surface area contributed by atoms with Gasteiger partial charge in [-0.15, -0.1) is 0 Å². The number of likely N-dealkylation sites (tertiary alicyclic amines) is 1. The molecule has 2 nitrogen and oxygen atoms in total. The van der Waals surface area contributed by atoms with Gasteiger partial charge in [-0.1, -0.05) is 0 Å². The average molecular weight is 169 g/mol. The molecule has 0 bridgehead atoms. The maximum Gasteiger partial charge on any atom is 0.0766 e. The number of hydrogen-bond acceptors (Lipinski definition) is 2. The lowest BCUT2D eigenvalue weighted by Gasteiger charge is -2.19. The van der Waals surface area contributed by atoms with E-state index in [1.807, 2.05) is 7.11 Å². The van der Waals surface area contributed by atoms with Crippen molar-refractivity contribution in [2.45, 2.75) is 38.8 Å². The lowest BCUT2D eigenvalue weighted by Crippen LogP contribution is -2.29. The number of ether oxygens (including phenoxy) is 1. The standard InChI is InChI=1S/C10H19NO/c1-8(2)11-6-9(12-3)10(7-11)4-5-10/h8-9H,4-7H2,1-3H3. The molecule has 70 valence electrons. The van der Waals surface area contributed by atoms with E-state index in [9.17, 15) is 0 Å². The second-order valence-electron chi connectivity index (χ2n) is 4.61. The van der Waals surface area contributed by atoms with Crippen molar-refractivity contribution < 1.29 is 4.74 Å². The van der Waals surface area contributed by atoms with Gasteiger partial charge in [-0.05, 0) is 26.7 Å². The second-order valence-corrected chi connectivity index (χ2v) is 4.61. The van der Waals surface area contributed by atoms with Crippen LogP contribution in [0.4, 0.5) is 0 Å². The molecule has 0 aromatic rings. The number of nitrogens with zero attached hydrogens (tertiary/aromatic N) is 1. The van der Waals surface area contributed by atoms with E-state index in [2.05, 4.69) is 18.7 Å². The van der Waals surface area contributed by atoms with E-state index in [1.165, 1.54) is 19.4 Å². The predicted octanol–water partition coefficient (Wildman–Crippen LogP) is 1.51. The van der Waals surface area contributed by atoms with Gasteiger partial charge in [-0.3, -0.25) is 4.90 Å². The SMILES string of the molecule is COC1CN(C(C)C)CC12CC2. The highest BCUT2D eigenvalue weighted by atomic mass is 16.5. The third-order valence-electron chi connectivity index (χ3n) is 3.51. The topological polar surface area (TPSA) is 12.5 Å². The van der Waals surface area contributed by atoms with Crippen LogP contribution in [-0.4, -0.2) is 37.2 Å². The van der Waals surface area contributed by atoms with Gasteiger partial charge < -0.3 is 4.74 Å². The molecular weight excluding hydrogens is 150 g/mol. The molecule has 0 aromatic carbocycles. The van der Waals surface area contributed by atoms with Crippen molar-refractivity contribution in [1.29, 1.82) is 0 Å². The van der Waals surface area contributed by atoms with Crippen LogP contribution in [0.15, 0.2) is 0 Å². The quantitative estimate of drug-likeness (QED) is 0.621. The van der Waals surface area contributed by atoms with E-state index in [0.717, 1.165) is 6.54 Å². The first kappa shape index (κ1) is 8.52. The van der Waals surface area contributed by atoms with Crippen LogP contribution in [0.1, 0.15) is 26.7 Å². The molecule has 1 saturated heterocycles. The summed E-state index contributed by atoms with van der Waals surface area (Å²) in [7, 11) is 1.86. The molecule has 2 heteroatoms. The Hall–Kier alpha value is -0.0800. The minimum absolute atomic E-state index is 0.514. The summed E-state index contributed by atoms with van der Waals surface area (Å²) in [5.74, 6) is 0. The van der Waals surface area contributed by atoms with Gasteiger partial charge in [0, 0.05) is 31.7 Å². The van der Waals surface area contributed by atoms with E-state index in [0.29, 0.717) is 17.6 Å². The first-order chi connectivity index (χ1) is 5.68. The summed E-state index contributed by atoms with van der Waals surface area (Å²) in [6.07, 6.45) is 3.28. The predicted molar refractivity (Wildman–Crippen MR) is 49.2 cm³/mol. The summed E-state index contributed by atoms with van der Waals surface area (Å²) >= 11 is 0. The fourth-order valence-electron chi connectivity index (χ4n) is 2.34. The molecule has 1 aliphatic carbocycles. The molecule has 2 aliphatic rings. The molecule has 2 rings (SSSR count). The molecule has 0 amide bonds. The summed E-state index contributed by atoms with van der Waals surface area (Å²) in [5, 5.41) is 0. The van der Waals surface area contributed by atoms with Crippen molar-refractivity contribution in [2.75, 3.05) is 20.2 Å². The van der Waals surface area contributed by atoms with Crippen molar-refractivity contribution in [3.63, 3.8) is 0 Å². The largest absolute Gasteiger partial charge is 0.379 e. The highest BCUT2D eigenvalue weighted by molar-refractivity contribution is 5.07. The third-order valence-corrected chi connectivity index (χ3v) is 3.51. The Morgan fingerprint density at radius 1 is 1.42 bits per heavy atom. The van der Waals surface area contributed by atoms with Gasteiger partial charge in [-0.25, -0.2) is 0 Å². The molecule has 0 aromatic heterocycles. The van der Waals surface area contributed by atoms with Crippen LogP contribution in [0.3, 0.4) is 0 Å². The maximum atomic E-state index is 5.53.